The topological polar surface area (TPSA) is 51.0 Å². The normalized spacial score (nSPS) is 16.9. The number of hydrogen-bond donors (Lipinski definition) is 1. The van der Waals surface area contributed by atoms with Gasteiger partial charge in [-0.15, -0.1) is 0 Å². The number of rotatable bonds is 3. The Morgan fingerprint density at radius 3 is 2.60 bits per heavy atom. The molecule has 1 fully saturated rings. The van der Waals surface area contributed by atoms with Crippen molar-refractivity contribution in [3.05, 3.63) is 30.1 Å². The van der Waals surface area contributed by atoms with E-state index >= 15 is 0 Å². The van der Waals surface area contributed by atoms with Gasteiger partial charge in [0.25, 0.3) is 0 Å². The predicted molar refractivity (Wildman–Crippen MR) is 74.8 cm³/mol. The molecule has 0 bridgehead atoms. The van der Waals surface area contributed by atoms with Gasteiger partial charge in [-0.3, -0.25) is 0 Å². The number of benzene rings is 1. The first-order valence-corrected chi connectivity index (χ1v) is 7.18. The highest BCUT2D eigenvalue weighted by atomic mass is 19.1. The molecular weight excluding hydrogens is 257 g/mol. The summed E-state index contributed by atoms with van der Waals surface area (Å²) < 4.78 is 18.8. The van der Waals surface area contributed by atoms with Gasteiger partial charge in [0.15, 0.2) is 0 Å². The molecule has 4 nitrogen and oxygen atoms in total. The van der Waals surface area contributed by atoms with E-state index in [0.29, 0.717) is 23.4 Å². The Kier molecular flexibility index (Phi) is 3.95. The van der Waals surface area contributed by atoms with Crippen LogP contribution in [0.4, 0.5) is 10.4 Å². The molecule has 0 amide bonds. The Balaban J connectivity index is 1.72. The second kappa shape index (κ2) is 6.03. The summed E-state index contributed by atoms with van der Waals surface area (Å²) in [6.07, 6.45) is 7.29. The van der Waals surface area contributed by atoms with Crippen LogP contribution in [0, 0.1) is 5.82 Å². The molecule has 0 spiro atoms. The molecule has 20 heavy (non-hydrogen) atoms. The maximum atomic E-state index is 13.7. The maximum Gasteiger partial charge on any atom is 0.322 e. The van der Waals surface area contributed by atoms with Gasteiger partial charge in [-0.05, 0) is 25.0 Å². The van der Waals surface area contributed by atoms with Crippen molar-refractivity contribution < 1.29 is 8.91 Å². The fraction of sp³-hybridized carbons (Fsp3) is 0.467. The third-order valence-corrected chi connectivity index (χ3v) is 3.72. The van der Waals surface area contributed by atoms with Gasteiger partial charge in [-0.25, -0.2) is 4.39 Å². The van der Waals surface area contributed by atoms with Crippen molar-refractivity contribution in [2.75, 3.05) is 5.32 Å². The van der Waals surface area contributed by atoms with E-state index in [4.69, 9.17) is 4.52 Å². The summed E-state index contributed by atoms with van der Waals surface area (Å²) in [7, 11) is 0. The zero-order valence-corrected chi connectivity index (χ0v) is 11.3. The Bertz CT molecular complexity index is 562. The van der Waals surface area contributed by atoms with E-state index in [2.05, 4.69) is 15.5 Å². The van der Waals surface area contributed by atoms with Crippen LogP contribution in [-0.4, -0.2) is 16.2 Å². The number of nitrogens with one attached hydrogen (secondary N) is 1. The fourth-order valence-corrected chi connectivity index (χ4v) is 2.63. The van der Waals surface area contributed by atoms with Crippen LogP contribution in [-0.2, 0) is 0 Å². The lowest BCUT2D eigenvalue weighted by Crippen LogP contribution is -2.18. The minimum atomic E-state index is -0.339. The van der Waals surface area contributed by atoms with Crippen molar-refractivity contribution in [2.45, 2.75) is 44.6 Å². The summed E-state index contributed by atoms with van der Waals surface area (Å²) in [5, 5.41) is 7.12. The van der Waals surface area contributed by atoms with Crippen LogP contribution in [0.15, 0.2) is 28.8 Å². The van der Waals surface area contributed by atoms with Crippen molar-refractivity contribution in [2.24, 2.45) is 0 Å². The van der Waals surface area contributed by atoms with E-state index in [1.807, 2.05) is 0 Å². The number of halogens is 1. The Labute approximate surface area is 117 Å². The quantitative estimate of drug-likeness (QED) is 0.860. The van der Waals surface area contributed by atoms with Gasteiger partial charge in [0.2, 0.25) is 5.82 Å². The third-order valence-electron chi connectivity index (χ3n) is 3.72. The van der Waals surface area contributed by atoms with Gasteiger partial charge in [0.1, 0.15) is 5.82 Å². The number of hydrogen-bond acceptors (Lipinski definition) is 4. The molecule has 1 aliphatic carbocycles. The molecule has 106 valence electrons. The lowest BCUT2D eigenvalue weighted by Gasteiger charge is -2.13. The second-order valence-corrected chi connectivity index (χ2v) is 5.24. The van der Waals surface area contributed by atoms with Gasteiger partial charge in [-0.2, -0.15) is 4.98 Å². The van der Waals surface area contributed by atoms with Crippen molar-refractivity contribution in [1.29, 1.82) is 0 Å². The van der Waals surface area contributed by atoms with Crippen LogP contribution < -0.4 is 5.32 Å². The van der Waals surface area contributed by atoms with Crippen molar-refractivity contribution in [1.82, 2.24) is 10.1 Å². The molecular formula is C15H18FN3O. The molecule has 0 atom stereocenters. The van der Waals surface area contributed by atoms with E-state index < -0.39 is 0 Å². The maximum absolute atomic E-state index is 13.7. The van der Waals surface area contributed by atoms with Crippen LogP contribution in [0.25, 0.3) is 11.4 Å². The summed E-state index contributed by atoms with van der Waals surface area (Å²) >= 11 is 0. The molecule has 1 heterocycles. The Morgan fingerprint density at radius 1 is 1.10 bits per heavy atom. The highest BCUT2D eigenvalue weighted by Gasteiger charge is 2.16. The molecule has 2 aromatic rings. The number of nitrogens with zero attached hydrogens (tertiary/aromatic N) is 2. The van der Waals surface area contributed by atoms with Gasteiger partial charge < -0.3 is 9.84 Å². The van der Waals surface area contributed by atoms with E-state index in [9.17, 15) is 4.39 Å². The molecule has 0 radical (unpaired) electrons. The third kappa shape index (κ3) is 2.98. The minimum absolute atomic E-state index is 0.291. The summed E-state index contributed by atoms with van der Waals surface area (Å²) in [6.45, 7) is 0. The molecule has 3 rings (SSSR count). The van der Waals surface area contributed by atoms with Crippen molar-refractivity contribution >= 4 is 6.01 Å². The van der Waals surface area contributed by atoms with E-state index in [-0.39, 0.29) is 5.82 Å². The Morgan fingerprint density at radius 2 is 1.85 bits per heavy atom. The predicted octanol–water partition coefficient (Wildman–Crippen LogP) is 4.01. The van der Waals surface area contributed by atoms with Gasteiger partial charge >= 0.3 is 6.01 Å². The highest BCUT2D eigenvalue weighted by Crippen LogP contribution is 2.23. The first-order chi connectivity index (χ1) is 9.83. The van der Waals surface area contributed by atoms with Crippen LogP contribution in [0.3, 0.4) is 0 Å². The average Bonchev–Trinajstić information content (AvgIpc) is 2.75. The SMILES string of the molecule is Fc1ccccc1-c1noc(NC2CCCCCC2)n1. The van der Waals surface area contributed by atoms with Crippen molar-refractivity contribution in [3.63, 3.8) is 0 Å². The van der Waals surface area contributed by atoms with E-state index in [1.54, 1.807) is 18.2 Å². The van der Waals surface area contributed by atoms with Crippen LogP contribution in [0.5, 0.6) is 0 Å². The standard InChI is InChI=1S/C15H18FN3O/c16-13-10-6-5-9-12(13)14-18-15(20-19-14)17-11-7-3-1-2-4-8-11/h5-6,9-11H,1-4,7-8H2,(H,17,18,19). The second-order valence-electron chi connectivity index (χ2n) is 5.24. The monoisotopic (exact) mass is 275 g/mol. The molecule has 1 N–H and O–H groups in total. The molecule has 1 saturated carbocycles. The van der Waals surface area contributed by atoms with Crippen LogP contribution in [0.2, 0.25) is 0 Å². The Hall–Kier alpha value is -1.91. The summed E-state index contributed by atoms with van der Waals surface area (Å²) in [5.41, 5.74) is 0.366. The first-order valence-electron chi connectivity index (χ1n) is 7.18. The summed E-state index contributed by atoms with van der Waals surface area (Å²) in [6, 6.07) is 7.21. The molecule has 0 saturated heterocycles. The van der Waals surface area contributed by atoms with Gasteiger partial charge in [0, 0.05) is 6.04 Å². The lowest BCUT2D eigenvalue weighted by molar-refractivity contribution is 0.423. The molecule has 1 aliphatic rings. The van der Waals surface area contributed by atoms with Crippen molar-refractivity contribution in [3.8, 4) is 11.4 Å². The number of aromatic nitrogens is 2. The smallest absolute Gasteiger partial charge is 0.322 e. The zero-order chi connectivity index (χ0) is 13.8. The largest absolute Gasteiger partial charge is 0.335 e. The summed E-state index contributed by atoms with van der Waals surface area (Å²) in [5.74, 6) is -0.0476. The number of anilines is 1. The lowest BCUT2D eigenvalue weighted by atomic mass is 10.1. The van der Waals surface area contributed by atoms with E-state index in [1.165, 1.54) is 31.7 Å². The first kappa shape index (κ1) is 13.1. The molecule has 0 unspecified atom stereocenters. The fourth-order valence-electron chi connectivity index (χ4n) is 2.63. The van der Waals surface area contributed by atoms with Crippen LogP contribution in [0.1, 0.15) is 38.5 Å². The highest BCUT2D eigenvalue weighted by molar-refractivity contribution is 5.56. The van der Waals surface area contributed by atoms with Gasteiger partial charge in [0.05, 0.1) is 5.56 Å². The zero-order valence-electron chi connectivity index (χ0n) is 11.3. The molecule has 1 aromatic heterocycles. The van der Waals surface area contributed by atoms with E-state index in [0.717, 1.165) is 12.8 Å². The molecule has 5 heteroatoms. The van der Waals surface area contributed by atoms with Gasteiger partial charge in [-0.1, -0.05) is 43.0 Å². The summed E-state index contributed by atoms with van der Waals surface area (Å²) in [4.78, 5) is 4.24. The average molecular weight is 275 g/mol. The van der Waals surface area contributed by atoms with Crippen LogP contribution >= 0.6 is 0 Å². The molecule has 0 aliphatic heterocycles. The molecule has 1 aromatic carbocycles. The minimum Gasteiger partial charge on any atom is -0.335 e.